The van der Waals surface area contributed by atoms with E-state index in [9.17, 15) is 9.59 Å². The van der Waals surface area contributed by atoms with Crippen molar-refractivity contribution in [2.24, 2.45) is 0 Å². The van der Waals surface area contributed by atoms with E-state index in [2.05, 4.69) is 26.6 Å². The monoisotopic (exact) mass is 402 g/mol. The number of carbonyl (C=O) groups is 2. The number of halogens is 1. The van der Waals surface area contributed by atoms with Crippen molar-refractivity contribution in [2.45, 2.75) is 33.3 Å². The third-order valence-electron chi connectivity index (χ3n) is 2.59. The minimum Gasteiger partial charge on any atom is -0.444 e. The Morgan fingerprint density at radius 3 is 2.61 bits per heavy atom. The van der Waals surface area contributed by atoms with E-state index < -0.39 is 11.7 Å². The van der Waals surface area contributed by atoms with Crippen LogP contribution in [-0.2, 0) is 9.53 Å². The molecule has 5 nitrogen and oxygen atoms in total. The molecule has 2 N–H and O–H groups in total. The molecule has 0 atom stereocenters. The molecule has 0 saturated carbocycles. The van der Waals surface area contributed by atoms with Crippen LogP contribution in [-0.4, -0.2) is 35.7 Å². The maximum absolute atomic E-state index is 11.8. The Labute approximate surface area is 150 Å². The lowest BCUT2D eigenvalue weighted by Gasteiger charge is -2.19. The average molecular weight is 403 g/mol. The Bertz CT molecular complexity index is 559. The van der Waals surface area contributed by atoms with Gasteiger partial charge in [0.25, 0.3) is 0 Å². The molecule has 128 valence electrons. The van der Waals surface area contributed by atoms with Gasteiger partial charge < -0.3 is 15.4 Å². The van der Waals surface area contributed by atoms with Crippen LogP contribution in [0.3, 0.4) is 0 Å². The molecule has 23 heavy (non-hydrogen) atoms. The number of hydrogen-bond acceptors (Lipinski definition) is 4. The molecule has 1 aromatic carbocycles. The van der Waals surface area contributed by atoms with Crippen LogP contribution in [0.1, 0.15) is 26.3 Å². The standard InChI is InChI=1S/C16H23BrN2O3S/c1-11-9-12(5-6-13(11)17)19-14(20)10-23-8-7-18-15(21)22-16(2,3)4/h5-6,9H,7-8,10H2,1-4H3,(H,18,21)(H,19,20). The van der Waals surface area contributed by atoms with E-state index in [0.717, 1.165) is 15.7 Å². The Balaban J connectivity index is 2.19. The molecule has 0 heterocycles. The van der Waals surface area contributed by atoms with Gasteiger partial charge in [-0.3, -0.25) is 4.79 Å². The summed E-state index contributed by atoms with van der Waals surface area (Å²) < 4.78 is 6.13. The second-order valence-electron chi connectivity index (χ2n) is 5.99. The molecule has 0 aliphatic rings. The first kappa shape index (κ1) is 19.8. The van der Waals surface area contributed by atoms with Crippen molar-refractivity contribution in [3.63, 3.8) is 0 Å². The van der Waals surface area contributed by atoms with Gasteiger partial charge in [-0.2, -0.15) is 11.8 Å². The van der Waals surface area contributed by atoms with Crippen LogP contribution >= 0.6 is 27.7 Å². The molecule has 0 bridgehead atoms. The first-order valence-corrected chi connectivity index (χ1v) is 9.23. The minimum atomic E-state index is -0.500. The van der Waals surface area contributed by atoms with Crippen LogP contribution in [0.15, 0.2) is 22.7 Å². The van der Waals surface area contributed by atoms with Crippen molar-refractivity contribution in [2.75, 3.05) is 23.4 Å². The highest BCUT2D eigenvalue weighted by Crippen LogP contribution is 2.20. The number of rotatable bonds is 6. The van der Waals surface area contributed by atoms with Gasteiger partial charge in [-0.25, -0.2) is 4.79 Å². The fraction of sp³-hybridized carbons (Fsp3) is 0.500. The number of carbonyl (C=O) groups excluding carboxylic acids is 2. The van der Waals surface area contributed by atoms with Gasteiger partial charge in [-0.15, -0.1) is 0 Å². The van der Waals surface area contributed by atoms with Gasteiger partial charge in [-0.05, 0) is 51.5 Å². The normalized spacial score (nSPS) is 11.0. The molecule has 1 rings (SSSR count). The van der Waals surface area contributed by atoms with Gasteiger partial charge in [0, 0.05) is 22.5 Å². The lowest BCUT2D eigenvalue weighted by atomic mass is 10.2. The van der Waals surface area contributed by atoms with Crippen LogP contribution in [0.5, 0.6) is 0 Å². The highest BCUT2D eigenvalue weighted by atomic mass is 79.9. The van der Waals surface area contributed by atoms with Crippen molar-refractivity contribution in [3.8, 4) is 0 Å². The lowest BCUT2D eigenvalue weighted by Crippen LogP contribution is -2.33. The number of ether oxygens (including phenoxy) is 1. The minimum absolute atomic E-state index is 0.0611. The number of thioether (sulfide) groups is 1. The molecule has 0 fully saturated rings. The summed E-state index contributed by atoms with van der Waals surface area (Å²) in [6, 6.07) is 5.67. The fourth-order valence-corrected chi connectivity index (χ4v) is 2.52. The average Bonchev–Trinajstić information content (AvgIpc) is 2.40. The Morgan fingerprint density at radius 2 is 2.00 bits per heavy atom. The Hall–Kier alpha value is -1.21. The quantitative estimate of drug-likeness (QED) is 0.706. The van der Waals surface area contributed by atoms with Crippen molar-refractivity contribution in [1.82, 2.24) is 5.32 Å². The number of anilines is 1. The van der Waals surface area contributed by atoms with E-state index in [4.69, 9.17) is 4.74 Å². The molecule has 0 aliphatic heterocycles. The summed E-state index contributed by atoms with van der Waals surface area (Å²) in [6.45, 7) is 7.88. The van der Waals surface area contributed by atoms with Crippen molar-refractivity contribution in [1.29, 1.82) is 0 Å². The van der Waals surface area contributed by atoms with Gasteiger partial charge in [-0.1, -0.05) is 15.9 Å². The maximum Gasteiger partial charge on any atom is 0.407 e. The van der Waals surface area contributed by atoms with Gasteiger partial charge >= 0.3 is 6.09 Å². The summed E-state index contributed by atoms with van der Waals surface area (Å²) in [7, 11) is 0. The summed E-state index contributed by atoms with van der Waals surface area (Å²) in [5.41, 5.74) is 1.35. The van der Waals surface area contributed by atoms with Crippen LogP contribution in [0.2, 0.25) is 0 Å². The number of benzene rings is 1. The third-order valence-corrected chi connectivity index (χ3v) is 4.44. The van der Waals surface area contributed by atoms with E-state index in [1.165, 1.54) is 11.8 Å². The van der Waals surface area contributed by atoms with Crippen LogP contribution in [0.4, 0.5) is 10.5 Å². The van der Waals surface area contributed by atoms with Gasteiger partial charge in [0.2, 0.25) is 5.91 Å². The Kier molecular flexibility index (Phi) is 7.91. The topological polar surface area (TPSA) is 67.4 Å². The molecule has 0 saturated heterocycles. The zero-order valence-electron chi connectivity index (χ0n) is 13.9. The highest BCUT2D eigenvalue weighted by molar-refractivity contribution is 9.10. The summed E-state index contributed by atoms with van der Waals surface area (Å²) in [4.78, 5) is 23.3. The van der Waals surface area contributed by atoms with Crippen LogP contribution in [0, 0.1) is 6.92 Å². The molecule has 1 aromatic rings. The van der Waals surface area contributed by atoms with E-state index >= 15 is 0 Å². The van der Waals surface area contributed by atoms with Gasteiger partial charge in [0.05, 0.1) is 5.75 Å². The zero-order chi connectivity index (χ0) is 17.5. The first-order chi connectivity index (χ1) is 10.7. The summed E-state index contributed by atoms with van der Waals surface area (Å²) >= 11 is 4.88. The third kappa shape index (κ3) is 8.86. The molecule has 0 aromatic heterocycles. The van der Waals surface area contributed by atoms with E-state index in [1.807, 2.05) is 45.9 Å². The molecule has 0 aliphatic carbocycles. The second kappa shape index (κ2) is 9.17. The fourth-order valence-electron chi connectivity index (χ4n) is 1.62. The van der Waals surface area contributed by atoms with Crippen molar-refractivity contribution >= 4 is 45.4 Å². The van der Waals surface area contributed by atoms with Crippen LogP contribution in [0.25, 0.3) is 0 Å². The predicted octanol–water partition coefficient (Wildman–Crippen LogP) is 3.95. The summed E-state index contributed by atoms with van der Waals surface area (Å²) in [5.74, 6) is 0.922. The molecule has 2 amide bonds. The largest absolute Gasteiger partial charge is 0.444 e. The molecule has 7 heteroatoms. The number of alkyl carbamates (subject to hydrolysis) is 1. The number of nitrogens with one attached hydrogen (secondary N) is 2. The van der Waals surface area contributed by atoms with Crippen LogP contribution < -0.4 is 10.6 Å². The summed E-state index contributed by atoms with van der Waals surface area (Å²) in [5, 5.41) is 5.51. The van der Waals surface area contributed by atoms with Gasteiger partial charge in [0.1, 0.15) is 5.60 Å². The number of aryl methyl sites for hydroxylation is 1. The number of hydrogen-bond donors (Lipinski definition) is 2. The van der Waals surface area contributed by atoms with Crippen molar-refractivity contribution in [3.05, 3.63) is 28.2 Å². The van der Waals surface area contributed by atoms with Gasteiger partial charge in [0.15, 0.2) is 0 Å². The molecular formula is C16H23BrN2O3S. The van der Waals surface area contributed by atoms with E-state index in [0.29, 0.717) is 18.1 Å². The summed E-state index contributed by atoms with van der Waals surface area (Å²) in [6.07, 6.45) is -0.437. The second-order valence-corrected chi connectivity index (χ2v) is 7.95. The van der Waals surface area contributed by atoms with Crippen molar-refractivity contribution < 1.29 is 14.3 Å². The lowest BCUT2D eigenvalue weighted by molar-refractivity contribution is -0.113. The molecule has 0 spiro atoms. The highest BCUT2D eigenvalue weighted by Gasteiger charge is 2.15. The molecular weight excluding hydrogens is 380 g/mol. The zero-order valence-corrected chi connectivity index (χ0v) is 16.3. The maximum atomic E-state index is 11.8. The predicted molar refractivity (Wildman–Crippen MR) is 99.1 cm³/mol. The molecule has 0 unspecified atom stereocenters. The van der Waals surface area contributed by atoms with E-state index in [1.54, 1.807) is 0 Å². The first-order valence-electron chi connectivity index (χ1n) is 7.28. The number of amides is 2. The molecule has 0 radical (unpaired) electrons. The van der Waals surface area contributed by atoms with E-state index in [-0.39, 0.29) is 5.91 Å². The SMILES string of the molecule is Cc1cc(NC(=O)CSCCNC(=O)OC(C)(C)C)ccc1Br. The Morgan fingerprint density at radius 1 is 1.30 bits per heavy atom. The smallest absolute Gasteiger partial charge is 0.407 e.